The lowest BCUT2D eigenvalue weighted by Crippen LogP contribution is -2.31. The largest absolute Gasteiger partial charge is 0.386 e. The Morgan fingerprint density at radius 2 is 2.07 bits per heavy atom. The molecule has 0 heterocycles. The van der Waals surface area contributed by atoms with E-state index < -0.39 is 0 Å². The van der Waals surface area contributed by atoms with Crippen molar-refractivity contribution >= 4 is 6.21 Å². The smallest absolute Gasteiger partial charge is 0.0287 e. The van der Waals surface area contributed by atoms with E-state index in [1.807, 2.05) is 18.5 Å². The van der Waals surface area contributed by atoms with Crippen molar-refractivity contribution in [1.82, 2.24) is 5.32 Å². The first kappa shape index (κ1) is 10.8. The molecule has 0 unspecified atom stereocenters. The Kier molecular flexibility index (Phi) is 3.28. The van der Waals surface area contributed by atoms with E-state index in [1.165, 1.54) is 5.57 Å². The first-order chi connectivity index (χ1) is 6.53. The van der Waals surface area contributed by atoms with E-state index in [0.717, 1.165) is 5.57 Å². The van der Waals surface area contributed by atoms with E-state index in [2.05, 4.69) is 43.2 Å². The summed E-state index contributed by atoms with van der Waals surface area (Å²) in [5.74, 6) is 0. The van der Waals surface area contributed by atoms with Gasteiger partial charge in [0, 0.05) is 30.6 Å². The molecule has 0 atom stereocenters. The lowest BCUT2D eigenvalue weighted by molar-refractivity contribution is 0.490. The summed E-state index contributed by atoms with van der Waals surface area (Å²) in [6.45, 7) is 6.42. The van der Waals surface area contributed by atoms with Crippen LogP contribution in [0.4, 0.5) is 0 Å². The molecule has 76 valence electrons. The SMILES string of the molecule is CN=CC1=CC=C/C1=C/NC(C)(C)C. The fraction of sp³-hybridized carbons (Fsp3) is 0.417. The lowest BCUT2D eigenvalue weighted by Gasteiger charge is -2.19. The highest BCUT2D eigenvalue weighted by molar-refractivity contribution is 5.88. The molecule has 0 amide bonds. The number of allylic oxidation sites excluding steroid dienone is 5. The number of rotatable bonds is 2. The van der Waals surface area contributed by atoms with Gasteiger partial charge in [-0.05, 0) is 26.3 Å². The molecule has 1 rings (SSSR count). The van der Waals surface area contributed by atoms with Gasteiger partial charge in [-0.3, -0.25) is 4.99 Å². The predicted molar refractivity (Wildman–Crippen MR) is 62.6 cm³/mol. The molecule has 0 saturated heterocycles. The lowest BCUT2D eigenvalue weighted by atomic mass is 10.1. The van der Waals surface area contributed by atoms with Crippen molar-refractivity contribution in [2.45, 2.75) is 26.3 Å². The Morgan fingerprint density at radius 3 is 2.64 bits per heavy atom. The van der Waals surface area contributed by atoms with Crippen LogP contribution in [0.15, 0.2) is 40.6 Å². The van der Waals surface area contributed by atoms with Crippen molar-refractivity contribution in [3.05, 3.63) is 35.6 Å². The summed E-state index contributed by atoms with van der Waals surface area (Å²) in [6.07, 6.45) is 10.1. The molecule has 0 aromatic heterocycles. The van der Waals surface area contributed by atoms with Crippen molar-refractivity contribution in [2.24, 2.45) is 4.99 Å². The van der Waals surface area contributed by atoms with Gasteiger partial charge in [0.1, 0.15) is 0 Å². The second-order valence-corrected chi connectivity index (χ2v) is 4.36. The average molecular weight is 190 g/mol. The standard InChI is InChI=1S/C12H18N2/c1-12(2,3)14-9-11-7-5-6-10(11)8-13-4/h5-9,14H,1-4H3/b11-9-,13-8?. The van der Waals surface area contributed by atoms with Gasteiger partial charge >= 0.3 is 0 Å². The molecular formula is C12H18N2. The van der Waals surface area contributed by atoms with Gasteiger partial charge in [-0.25, -0.2) is 0 Å². The van der Waals surface area contributed by atoms with Gasteiger partial charge in [0.05, 0.1) is 0 Å². The fourth-order valence-corrected chi connectivity index (χ4v) is 1.13. The minimum absolute atomic E-state index is 0.109. The van der Waals surface area contributed by atoms with Crippen LogP contribution in [0, 0.1) is 0 Å². The molecule has 0 aliphatic heterocycles. The maximum Gasteiger partial charge on any atom is 0.0287 e. The third kappa shape index (κ3) is 3.21. The molecule has 1 N–H and O–H groups in total. The number of hydrogen-bond donors (Lipinski definition) is 1. The van der Waals surface area contributed by atoms with Gasteiger partial charge in [0.15, 0.2) is 0 Å². The van der Waals surface area contributed by atoms with Gasteiger partial charge in [-0.2, -0.15) is 0 Å². The summed E-state index contributed by atoms with van der Waals surface area (Å²) < 4.78 is 0. The van der Waals surface area contributed by atoms with E-state index >= 15 is 0 Å². The second-order valence-electron chi connectivity index (χ2n) is 4.36. The molecule has 0 bridgehead atoms. The van der Waals surface area contributed by atoms with Gasteiger partial charge in [-0.1, -0.05) is 18.2 Å². The van der Waals surface area contributed by atoms with E-state index in [9.17, 15) is 0 Å². The minimum atomic E-state index is 0.109. The first-order valence-electron chi connectivity index (χ1n) is 4.82. The van der Waals surface area contributed by atoms with Crippen molar-refractivity contribution in [3.8, 4) is 0 Å². The Bertz CT molecular complexity index is 312. The molecule has 0 saturated carbocycles. The van der Waals surface area contributed by atoms with Crippen LogP contribution in [0.25, 0.3) is 0 Å². The third-order valence-electron chi connectivity index (χ3n) is 1.81. The summed E-state index contributed by atoms with van der Waals surface area (Å²) >= 11 is 0. The van der Waals surface area contributed by atoms with E-state index in [-0.39, 0.29) is 5.54 Å². The molecule has 2 heteroatoms. The zero-order valence-electron chi connectivity index (χ0n) is 9.33. The number of nitrogens with one attached hydrogen (secondary N) is 1. The topological polar surface area (TPSA) is 24.4 Å². The molecule has 1 aliphatic rings. The number of aliphatic imine (C=N–C) groups is 1. The minimum Gasteiger partial charge on any atom is -0.386 e. The molecule has 2 nitrogen and oxygen atoms in total. The van der Waals surface area contributed by atoms with Crippen LogP contribution in [0.3, 0.4) is 0 Å². The Labute approximate surface area is 86.1 Å². The zero-order chi connectivity index (χ0) is 10.6. The van der Waals surface area contributed by atoms with Gasteiger partial charge in [0.25, 0.3) is 0 Å². The summed E-state index contributed by atoms with van der Waals surface area (Å²) in [7, 11) is 1.79. The third-order valence-corrected chi connectivity index (χ3v) is 1.81. The summed E-state index contributed by atoms with van der Waals surface area (Å²) in [6, 6.07) is 0. The van der Waals surface area contributed by atoms with Crippen molar-refractivity contribution in [2.75, 3.05) is 7.05 Å². The molecule has 0 aromatic carbocycles. The van der Waals surface area contributed by atoms with E-state index in [1.54, 1.807) is 7.05 Å². The molecule has 0 spiro atoms. The molecule has 14 heavy (non-hydrogen) atoms. The van der Waals surface area contributed by atoms with Gasteiger partial charge in [-0.15, -0.1) is 0 Å². The average Bonchev–Trinajstić information content (AvgIpc) is 2.48. The van der Waals surface area contributed by atoms with E-state index in [4.69, 9.17) is 0 Å². The van der Waals surface area contributed by atoms with Crippen LogP contribution in [0.1, 0.15) is 20.8 Å². The Balaban J connectivity index is 2.70. The highest BCUT2D eigenvalue weighted by atomic mass is 14.9. The van der Waals surface area contributed by atoms with Crippen molar-refractivity contribution in [1.29, 1.82) is 0 Å². The van der Waals surface area contributed by atoms with Crippen molar-refractivity contribution in [3.63, 3.8) is 0 Å². The van der Waals surface area contributed by atoms with Crippen LogP contribution in [0.2, 0.25) is 0 Å². The first-order valence-corrected chi connectivity index (χ1v) is 4.82. The zero-order valence-corrected chi connectivity index (χ0v) is 9.33. The predicted octanol–water partition coefficient (Wildman–Crippen LogP) is 2.46. The molecule has 0 aromatic rings. The molecule has 1 aliphatic carbocycles. The summed E-state index contributed by atoms with van der Waals surface area (Å²) in [5.41, 5.74) is 2.45. The van der Waals surface area contributed by atoms with Gasteiger partial charge < -0.3 is 5.32 Å². The normalized spacial score (nSPS) is 19.4. The van der Waals surface area contributed by atoms with Crippen LogP contribution in [-0.2, 0) is 0 Å². The highest BCUT2D eigenvalue weighted by Crippen LogP contribution is 2.16. The van der Waals surface area contributed by atoms with Crippen molar-refractivity contribution < 1.29 is 0 Å². The molecular weight excluding hydrogens is 172 g/mol. The molecule has 0 fully saturated rings. The van der Waals surface area contributed by atoms with E-state index in [0.29, 0.717) is 0 Å². The molecule has 0 radical (unpaired) electrons. The van der Waals surface area contributed by atoms with Gasteiger partial charge in [0.2, 0.25) is 0 Å². The Hall–Kier alpha value is -1.31. The number of nitrogens with zero attached hydrogens (tertiary/aromatic N) is 1. The quantitative estimate of drug-likeness (QED) is 0.665. The van der Waals surface area contributed by atoms with Crippen LogP contribution < -0.4 is 5.32 Å². The maximum atomic E-state index is 4.01. The maximum absolute atomic E-state index is 4.01. The summed E-state index contributed by atoms with van der Waals surface area (Å²) in [4.78, 5) is 4.01. The van der Waals surface area contributed by atoms with Crippen LogP contribution >= 0.6 is 0 Å². The Morgan fingerprint density at radius 1 is 1.36 bits per heavy atom. The number of hydrogen-bond acceptors (Lipinski definition) is 2. The monoisotopic (exact) mass is 190 g/mol. The van der Waals surface area contributed by atoms with Crippen LogP contribution in [0.5, 0.6) is 0 Å². The fourth-order valence-electron chi connectivity index (χ4n) is 1.13. The summed E-state index contributed by atoms with van der Waals surface area (Å²) in [5, 5.41) is 3.34. The highest BCUT2D eigenvalue weighted by Gasteiger charge is 2.08. The van der Waals surface area contributed by atoms with Crippen LogP contribution in [-0.4, -0.2) is 18.8 Å². The second kappa shape index (κ2) is 4.27.